The van der Waals surface area contributed by atoms with Crippen molar-refractivity contribution in [1.29, 1.82) is 0 Å². The molecule has 3 rings (SSSR count). The van der Waals surface area contributed by atoms with E-state index in [-0.39, 0.29) is 11.8 Å². The van der Waals surface area contributed by atoms with Crippen molar-refractivity contribution in [3.05, 3.63) is 47.6 Å². The van der Waals surface area contributed by atoms with Crippen LogP contribution in [0.2, 0.25) is 0 Å². The zero-order chi connectivity index (χ0) is 18.6. The molecular weight excluding hydrogens is 330 g/mol. The highest BCUT2D eigenvalue weighted by Crippen LogP contribution is 2.35. The summed E-state index contributed by atoms with van der Waals surface area (Å²) in [7, 11) is 1.67. The first-order valence-corrected chi connectivity index (χ1v) is 9.29. The Morgan fingerprint density at radius 3 is 2.62 bits per heavy atom. The molecule has 1 aliphatic rings. The van der Waals surface area contributed by atoms with Gasteiger partial charge in [-0.15, -0.1) is 0 Å². The Morgan fingerprint density at radius 2 is 2.00 bits per heavy atom. The van der Waals surface area contributed by atoms with Crippen LogP contribution in [0.5, 0.6) is 0 Å². The number of methoxy groups -OCH3 is 1. The quantitative estimate of drug-likeness (QED) is 0.794. The smallest absolute Gasteiger partial charge is 0.259 e. The number of piperidine rings is 1. The van der Waals surface area contributed by atoms with Gasteiger partial charge in [0.05, 0.1) is 0 Å². The summed E-state index contributed by atoms with van der Waals surface area (Å²) in [6.45, 7) is 5.31. The molecule has 1 fully saturated rings. The lowest BCUT2D eigenvalue weighted by Gasteiger charge is -2.39. The average molecular weight is 357 g/mol. The highest BCUT2D eigenvalue weighted by Gasteiger charge is 2.42. The molecule has 1 aromatic carbocycles. The number of likely N-dealkylation sites (tertiary alicyclic amines) is 1. The second kappa shape index (κ2) is 7.99. The largest absolute Gasteiger partial charge is 0.368 e. The minimum absolute atomic E-state index is 0.0610. The second-order valence-electron chi connectivity index (χ2n) is 7.01. The van der Waals surface area contributed by atoms with Gasteiger partial charge in [-0.05, 0) is 12.0 Å². The van der Waals surface area contributed by atoms with E-state index in [1.165, 1.54) is 0 Å². The SMILES string of the molecule is CC[C@H](C)C(=O)N1CCC(OC)(c2nc(Cc3ccccc3)no2)CC1. The number of hydrogen-bond acceptors (Lipinski definition) is 5. The fraction of sp³-hybridized carbons (Fsp3) is 0.550. The lowest BCUT2D eigenvalue weighted by molar-refractivity contribution is -0.142. The summed E-state index contributed by atoms with van der Waals surface area (Å²) < 4.78 is 11.4. The number of amides is 1. The molecular formula is C20H27N3O3. The fourth-order valence-corrected chi connectivity index (χ4v) is 3.37. The average Bonchev–Trinajstić information content (AvgIpc) is 3.16. The molecule has 1 atom stereocenters. The molecule has 6 nitrogen and oxygen atoms in total. The Morgan fingerprint density at radius 1 is 1.31 bits per heavy atom. The van der Waals surface area contributed by atoms with Crippen molar-refractivity contribution < 1.29 is 14.1 Å². The fourth-order valence-electron chi connectivity index (χ4n) is 3.37. The van der Waals surface area contributed by atoms with Crippen LogP contribution in [0, 0.1) is 5.92 Å². The summed E-state index contributed by atoms with van der Waals surface area (Å²) in [6, 6.07) is 10.1. The third kappa shape index (κ3) is 3.80. The molecule has 0 N–H and O–H groups in total. The standard InChI is InChI=1S/C20H27N3O3/c1-4-15(2)18(24)23-12-10-20(25-3,11-13-23)19-21-17(22-26-19)14-16-8-6-5-7-9-16/h5-9,15H,4,10-14H2,1-3H3/t15-/m0/s1. The summed E-state index contributed by atoms with van der Waals surface area (Å²) >= 11 is 0. The van der Waals surface area contributed by atoms with Gasteiger partial charge in [0.25, 0.3) is 5.89 Å². The first-order valence-electron chi connectivity index (χ1n) is 9.29. The number of benzene rings is 1. The highest BCUT2D eigenvalue weighted by atomic mass is 16.5. The Bertz CT molecular complexity index is 721. The van der Waals surface area contributed by atoms with Gasteiger partial charge in [-0.3, -0.25) is 4.79 Å². The van der Waals surface area contributed by atoms with Crippen molar-refractivity contribution in [2.75, 3.05) is 20.2 Å². The van der Waals surface area contributed by atoms with Gasteiger partial charge in [0, 0.05) is 45.4 Å². The molecule has 0 unspecified atom stereocenters. The molecule has 0 radical (unpaired) electrons. The maximum atomic E-state index is 12.4. The molecule has 2 aromatic rings. The van der Waals surface area contributed by atoms with Crippen LogP contribution in [-0.4, -0.2) is 41.1 Å². The van der Waals surface area contributed by atoms with E-state index in [4.69, 9.17) is 9.26 Å². The van der Waals surface area contributed by atoms with Crippen LogP contribution in [0.1, 0.15) is 50.4 Å². The van der Waals surface area contributed by atoms with E-state index in [2.05, 4.69) is 10.1 Å². The zero-order valence-corrected chi connectivity index (χ0v) is 15.8. The van der Waals surface area contributed by atoms with Crippen molar-refractivity contribution in [3.63, 3.8) is 0 Å². The number of ether oxygens (including phenoxy) is 1. The topological polar surface area (TPSA) is 68.5 Å². The van der Waals surface area contributed by atoms with E-state index in [0.29, 0.717) is 44.1 Å². The molecule has 2 heterocycles. The van der Waals surface area contributed by atoms with E-state index in [1.54, 1.807) is 7.11 Å². The van der Waals surface area contributed by atoms with Crippen LogP contribution < -0.4 is 0 Å². The van der Waals surface area contributed by atoms with Crippen LogP contribution in [-0.2, 0) is 21.6 Å². The zero-order valence-electron chi connectivity index (χ0n) is 15.8. The number of nitrogens with zero attached hydrogens (tertiary/aromatic N) is 3. The molecule has 1 aliphatic heterocycles. The van der Waals surface area contributed by atoms with E-state index in [1.807, 2.05) is 49.1 Å². The molecule has 0 bridgehead atoms. The van der Waals surface area contributed by atoms with E-state index in [9.17, 15) is 4.79 Å². The Balaban J connectivity index is 1.69. The summed E-state index contributed by atoms with van der Waals surface area (Å²) in [4.78, 5) is 18.9. The predicted molar refractivity (Wildman–Crippen MR) is 97.5 cm³/mol. The molecule has 26 heavy (non-hydrogen) atoms. The van der Waals surface area contributed by atoms with Gasteiger partial charge in [-0.2, -0.15) is 4.98 Å². The van der Waals surface area contributed by atoms with Gasteiger partial charge in [0.1, 0.15) is 5.60 Å². The van der Waals surface area contributed by atoms with Gasteiger partial charge in [0.15, 0.2) is 5.82 Å². The van der Waals surface area contributed by atoms with Crippen LogP contribution >= 0.6 is 0 Å². The molecule has 0 spiro atoms. The first-order chi connectivity index (χ1) is 12.6. The lowest BCUT2D eigenvalue weighted by atomic mass is 9.90. The maximum Gasteiger partial charge on any atom is 0.259 e. The van der Waals surface area contributed by atoms with Gasteiger partial charge < -0.3 is 14.2 Å². The number of rotatable bonds is 6. The van der Waals surface area contributed by atoms with Gasteiger partial charge >= 0.3 is 0 Å². The van der Waals surface area contributed by atoms with E-state index in [0.717, 1.165) is 12.0 Å². The summed E-state index contributed by atoms with van der Waals surface area (Å²) in [5, 5.41) is 4.13. The summed E-state index contributed by atoms with van der Waals surface area (Å²) in [5.74, 6) is 1.45. The monoisotopic (exact) mass is 357 g/mol. The minimum atomic E-state index is -0.603. The first kappa shape index (κ1) is 18.6. The third-order valence-corrected chi connectivity index (χ3v) is 5.37. The second-order valence-corrected chi connectivity index (χ2v) is 7.01. The molecule has 1 saturated heterocycles. The third-order valence-electron chi connectivity index (χ3n) is 5.37. The lowest BCUT2D eigenvalue weighted by Crippen LogP contribution is -2.47. The van der Waals surface area contributed by atoms with Gasteiger partial charge in [-0.1, -0.05) is 49.3 Å². The maximum absolute atomic E-state index is 12.4. The van der Waals surface area contributed by atoms with Crippen molar-refractivity contribution in [2.24, 2.45) is 5.92 Å². The highest BCUT2D eigenvalue weighted by molar-refractivity contribution is 5.78. The van der Waals surface area contributed by atoms with Crippen LogP contribution in [0.25, 0.3) is 0 Å². The predicted octanol–water partition coefficient (Wildman–Crippen LogP) is 3.17. The number of hydrogen-bond donors (Lipinski definition) is 0. The normalized spacial score (nSPS) is 17.9. The Labute approximate surface area is 154 Å². The van der Waals surface area contributed by atoms with Gasteiger partial charge in [0.2, 0.25) is 5.91 Å². The molecule has 0 aliphatic carbocycles. The molecule has 1 amide bonds. The summed E-state index contributed by atoms with van der Waals surface area (Å²) in [6.07, 6.45) is 2.82. The number of carbonyl (C=O) groups is 1. The van der Waals surface area contributed by atoms with Crippen LogP contribution in [0.3, 0.4) is 0 Å². The summed E-state index contributed by atoms with van der Waals surface area (Å²) in [5.41, 5.74) is 0.536. The molecule has 140 valence electrons. The minimum Gasteiger partial charge on any atom is -0.368 e. The Hall–Kier alpha value is -2.21. The van der Waals surface area contributed by atoms with Crippen molar-refractivity contribution in [3.8, 4) is 0 Å². The number of aromatic nitrogens is 2. The van der Waals surface area contributed by atoms with Crippen molar-refractivity contribution >= 4 is 5.91 Å². The van der Waals surface area contributed by atoms with Crippen LogP contribution in [0.15, 0.2) is 34.9 Å². The molecule has 1 aromatic heterocycles. The molecule has 6 heteroatoms. The number of carbonyl (C=O) groups excluding carboxylic acids is 1. The van der Waals surface area contributed by atoms with Crippen molar-refractivity contribution in [1.82, 2.24) is 15.0 Å². The van der Waals surface area contributed by atoms with Crippen molar-refractivity contribution in [2.45, 2.75) is 45.1 Å². The van der Waals surface area contributed by atoms with E-state index < -0.39 is 5.60 Å². The van der Waals surface area contributed by atoms with Gasteiger partial charge in [-0.25, -0.2) is 0 Å². The Kier molecular flexibility index (Phi) is 5.71. The molecule has 0 saturated carbocycles. The van der Waals surface area contributed by atoms with E-state index >= 15 is 0 Å². The van der Waals surface area contributed by atoms with Crippen LogP contribution in [0.4, 0.5) is 0 Å².